The van der Waals surface area contributed by atoms with E-state index in [1.165, 1.54) is 0 Å². The zero-order chi connectivity index (χ0) is 19.6. The predicted molar refractivity (Wildman–Crippen MR) is 102 cm³/mol. The molecule has 1 amide bonds. The van der Waals surface area contributed by atoms with Crippen LogP contribution in [0.3, 0.4) is 0 Å². The van der Waals surface area contributed by atoms with Gasteiger partial charge in [0.05, 0.1) is 6.42 Å². The third kappa shape index (κ3) is 7.58. The lowest BCUT2D eigenvalue weighted by Gasteiger charge is -2.13. The maximum atomic E-state index is 11.7. The van der Waals surface area contributed by atoms with Crippen molar-refractivity contribution in [3.05, 3.63) is 58.6 Å². The fourth-order valence-electron chi connectivity index (χ4n) is 2.28. The molecule has 0 atom stereocenters. The van der Waals surface area contributed by atoms with Gasteiger partial charge in [0, 0.05) is 23.6 Å². The van der Waals surface area contributed by atoms with Gasteiger partial charge in [0.15, 0.2) is 0 Å². The molecule has 0 unspecified atom stereocenters. The molecule has 2 aromatic rings. The highest BCUT2D eigenvalue weighted by molar-refractivity contribution is 6.30. The Morgan fingerprint density at radius 1 is 1.04 bits per heavy atom. The van der Waals surface area contributed by atoms with E-state index < -0.39 is 5.97 Å². The van der Waals surface area contributed by atoms with E-state index in [0.717, 1.165) is 11.3 Å². The van der Waals surface area contributed by atoms with Crippen LogP contribution in [0.1, 0.15) is 24.0 Å². The number of carbonyl (C=O) groups excluding carboxylic acids is 1. The minimum Gasteiger partial charge on any atom is -0.490 e. The SMILES string of the molecule is Cc1ccc(OCCOc2ccc(Cl)cc2CNC(=O)CCC(=O)O)cc1. The lowest BCUT2D eigenvalue weighted by molar-refractivity contribution is -0.138. The van der Waals surface area contributed by atoms with Gasteiger partial charge in [0.2, 0.25) is 5.91 Å². The van der Waals surface area contributed by atoms with Crippen molar-refractivity contribution in [2.75, 3.05) is 13.2 Å². The molecule has 7 heteroatoms. The number of aliphatic carboxylic acids is 1. The van der Waals surface area contributed by atoms with E-state index >= 15 is 0 Å². The number of amides is 1. The molecule has 27 heavy (non-hydrogen) atoms. The van der Waals surface area contributed by atoms with Crippen molar-refractivity contribution in [3.63, 3.8) is 0 Å². The van der Waals surface area contributed by atoms with Gasteiger partial charge in [-0.15, -0.1) is 0 Å². The summed E-state index contributed by atoms with van der Waals surface area (Å²) in [6.45, 7) is 2.91. The number of ether oxygens (including phenoxy) is 2. The monoisotopic (exact) mass is 391 g/mol. The van der Waals surface area contributed by atoms with Crippen molar-refractivity contribution in [2.24, 2.45) is 0 Å². The fourth-order valence-corrected chi connectivity index (χ4v) is 2.47. The minimum absolute atomic E-state index is 0.0729. The number of carbonyl (C=O) groups is 2. The molecule has 0 aliphatic carbocycles. The number of carboxylic acid groups (broad SMARTS) is 1. The lowest BCUT2D eigenvalue weighted by atomic mass is 10.2. The Morgan fingerprint density at radius 3 is 2.44 bits per heavy atom. The Morgan fingerprint density at radius 2 is 1.74 bits per heavy atom. The molecule has 0 radical (unpaired) electrons. The molecule has 0 aromatic heterocycles. The van der Waals surface area contributed by atoms with Crippen LogP contribution in [0.4, 0.5) is 0 Å². The zero-order valence-electron chi connectivity index (χ0n) is 15.0. The van der Waals surface area contributed by atoms with Gasteiger partial charge in [-0.25, -0.2) is 0 Å². The first-order valence-electron chi connectivity index (χ1n) is 8.53. The Kier molecular flexibility index (Phi) is 7.95. The average molecular weight is 392 g/mol. The summed E-state index contributed by atoms with van der Waals surface area (Å²) in [6.07, 6.45) is -0.280. The number of rotatable bonds is 10. The van der Waals surface area contributed by atoms with Crippen LogP contribution in [0.25, 0.3) is 0 Å². The van der Waals surface area contributed by atoms with Crippen LogP contribution in [0.2, 0.25) is 5.02 Å². The number of aryl methyl sites for hydroxylation is 1. The number of halogens is 1. The molecule has 0 bridgehead atoms. The van der Waals surface area contributed by atoms with Gasteiger partial charge in [-0.1, -0.05) is 29.3 Å². The van der Waals surface area contributed by atoms with Crippen LogP contribution in [-0.2, 0) is 16.1 Å². The molecule has 0 aliphatic rings. The second-order valence-corrected chi connectivity index (χ2v) is 6.37. The van der Waals surface area contributed by atoms with Crippen molar-refractivity contribution in [1.82, 2.24) is 5.32 Å². The van der Waals surface area contributed by atoms with Crippen LogP contribution >= 0.6 is 11.6 Å². The Balaban J connectivity index is 1.84. The fraction of sp³-hybridized carbons (Fsp3) is 0.300. The van der Waals surface area contributed by atoms with E-state index in [4.69, 9.17) is 26.2 Å². The zero-order valence-corrected chi connectivity index (χ0v) is 15.8. The van der Waals surface area contributed by atoms with Crippen molar-refractivity contribution in [2.45, 2.75) is 26.3 Å². The molecular formula is C20H22ClNO5. The van der Waals surface area contributed by atoms with Crippen molar-refractivity contribution >= 4 is 23.5 Å². The Bertz CT molecular complexity index is 776. The van der Waals surface area contributed by atoms with Crippen LogP contribution < -0.4 is 14.8 Å². The summed E-state index contributed by atoms with van der Waals surface area (Å²) in [5, 5.41) is 11.8. The molecule has 0 saturated carbocycles. The molecule has 0 saturated heterocycles. The largest absolute Gasteiger partial charge is 0.490 e. The Hall–Kier alpha value is -2.73. The lowest BCUT2D eigenvalue weighted by Crippen LogP contribution is -2.23. The number of carboxylic acids is 1. The molecule has 2 rings (SSSR count). The van der Waals surface area contributed by atoms with Crippen molar-refractivity contribution in [3.8, 4) is 11.5 Å². The molecule has 2 N–H and O–H groups in total. The normalized spacial score (nSPS) is 10.3. The van der Waals surface area contributed by atoms with E-state index in [1.54, 1.807) is 18.2 Å². The summed E-state index contributed by atoms with van der Waals surface area (Å²) in [4.78, 5) is 22.2. The highest BCUT2D eigenvalue weighted by Crippen LogP contribution is 2.23. The Labute approximate surface area is 163 Å². The number of nitrogens with one attached hydrogen (secondary N) is 1. The second-order valence-electron chi connectivity index (χ2n) is 5.93. The molecular weight excluding hydrogens is 370 g/mol. The first-order chi connectivity index (χ1) is 12.9. The van der Waals surface area contributed by atoms with Gasteiger partial charge in [-0.2, -0.15) is 0 Å². The average Bonchev–Trinajstić information content (AvgIpc) is 2.64. The summed E-state index contributed by atoms with van der Waals surface area (Å²) >= 11 is 6.02. The maximum Gasteiger partial charge on any atom is 0.303 e. The summed E-state index contributed by atoms with van der Waals surface area (Å²) < 4.78 is 11.4. The summed E-state index contributed by atoms with van der Waals surface area (Å²) in [6, 6.07) is 12.9. The van der Waals surface area contributed by atoms with Gasteiger partial charge in [-0.05, 0) is 37.3 Å². The molecule has 0 spiro atoms. The van der Waals surface area contributed by atoms with E-state index in [2.05, 4.69) is 5.32 Å². The quantitative estimate of drug-likeness (QED) is 0.604. The van der Waals surface area contributed by atoms with Crippen molar-refractivity contribution < 1.29 is 24.2 Å². The molecule has 2 aromatic carbocycles. The van der Waals surface area contributed by atoms with Gasteiger partial charge >= 0.3 is 5.97 Å². The molecule has 6 nitrogen and oxygen atoms in total. The number of hydrogen-bond donors (Lipinski definition) is 2. The number of hydrogen-bond acceptors (Lipinski definition) is 4. The van der Waals surface area contributed by atoms with Crippen LogP contribution in [0.15, 0.2) is 42.5 Å². The van der Waals surface area contributed by atoms with Gasteiger partial charge in [-0.3, -0.25) is 9.59 Å². The smallest absolute Gasteiger partial charge is 0.303 e. The van der Waals surface area contributed by atoms with E-state index in [1.807, 2.05) is 31.2 Å². The maximum absolute atomic E-state index is 11.7. The molecule has 144 valence electrons. The van der Waals surface area contributed by atoms with Gasteiger partial charge in [0.25, 0.3) is 0 Å². The summed E-state index contributed by atoms with van der Waals surface area (Å²) in [5.74, 6) is 0.00759. The summed E-state index contributed by atoms with van der Waals surface area (Å²) in [5.41, 5.74) is 1.87. The van der Waals surface area contributed by atoms with Crippen LogP contribution in [0.5, 0.6) is 11.5 Å². The van der Waals surface area contributed by atoms with Gasteiger partial charge < -0.3 is 19.9 Å². The van der Waals surface area contributed by atoms with Crippen LogP contribution in [-0.4, -0.2) is 30.2 Å². The topological polar surface area (TPSA) is 84.9 Å². The van der Waals surface area contributed by atoms with E-state index in [9.17, 15) is 9.59 Å². The highest BCUT2D eigenvalue weighted by Gasteiger charge is 2.09. The van der Waals surface area contributed by atoms with Gasteiger partial charge in [0.1, 0.15) is 24.7 Å². The standard InChI is InChI=1S/C20H22ClNO5/c1-14-2-5-17(6-3-14)26-10-11-27-18-7-4-16(21)12-15(18)13-22-19(23)8-9-20(24)25/h2-7,12H,8-11,13H2,1H3,(H,22,23)(H,24,25). The van der Waals surface area contributed by atoms with Crippen molar-refractivity contribution in [1.29, 1.82) is 0 Å². The van der Waals surface area contributed by atoms with Crippen LogP contribution in [0, 0.1) is 6.92 Å². The third-order valence-electron chi connectivity index (χ3n) is 3.70. The second kappa shape index (κ2) is 10.4. The molecule has 0 fully saturated rings. The highest BCUT2D eigenvalue weighted by atomic mass is 35.5. The first kappa shape index (κ1) is 20.6. The van der Waals surface area contributed by atoms with E-state index in [0.29, 0.717) is 29.5 Å². The molecule has 0 heterocycles. The molecule has 0 aliphatic heterocycles. The predicted octanol–water partition coefficient (Wildman–Crippen LogP) is 3.59. The third-order valence-corrected chi connectivity index (χ3v) is 3.93. The van der Waals surface area contributed by atoms with E-state index in [-0.39, 0.29) is 25.3 Å². The summed E-state index contributed by atoms with van der Waals surface area (Å²) in [7, 11) is 0. The minimum atomic E-state index is -1.01. The first-order valence-corrected chi connectivity index (χ1v) is 8.91. The number of benzene rings is 2.